The van der Waals surface area contributed by atoms with E-state index in [1.54, 1.807) is 0 Å². The summed E-state index contributed by atoms with van der Waals surface area (Å²) >= 11 is 4.05. The third-order valence-electron chi connectivity index (χ3n) is 6.62. The van der Waals surface area contributed by atoms with E-state index in [0.717, 1.165) is 18.3 Å². The van der Waals surface area contributed by atoms with Crippen LogP contribution in [0.15, 0.2) is 0 Å². The lowest BCUT2D eigenvalue weighted by Gasteiger charge is -2.60. The Morgan fingerprint density at radius 1 is 1.05 bits per heavy atom. The quantitative estimate of drug-likeness (QED) is 0.740. The Morgan fingerprint density at radius 2 is 1.71 bits per heavy atom. The summed E-state index contributed by atoms with van der Waals surface area (Å²) in [6.45, 7) is 0. The van der Waals surface area contributed by atoms with Gasteiger partial charge in [0.15, 0.2) is 0 Å². The van der Waals surface area contributed by atoms with Crippen LogP contribution in [-0.2, 0) is 4.79 Å². The molecule has 5 aliphatic carbocycles. The molecule has 4 bridgehead atoms. The van der Waals surface area contributed by atoms with Crippen LogP contribution in [0.1, 0.15) is 77.0 Å². The van der Waals surface area contributed by atoms with Crippen LogP contribution in [0.3, 0.4) is 0 Å². The second kappa shape index (κ2) is 5.25. The molecule has 5 saturated carbocycles. The van der Waals surface area contributed by atoms with E-state index in [4.69, 9.17) is 0 Å². The number of halogens is 1. The van der Waals surface area contributed by atoms with Crippen molar-refractivity contribution in [1.29, 1.82) is 0 Å². The molecular weight excluding hydrogens is 326 g/mol. The van der Waals surface area contributed by atoms with Gasteiger partial charge in [-0.05, 0) is 68.6 Å². The van der Waals surface area contributed by atoms with Crippen molar-refractivity contribution < 1.29 is 4.79 Å². The zero-order chi connectivity index (χ0) is 14.5. The predicted octanol–water partition coefficient (Wildman–Crippen LogP) is 4.56. The normalized spacial score (nSPS) is 45.8. The minimum Gasteiger partial charge on any atom is -0.353 e. The molecule has 21 heavy (non-hydrogen) atoms. The predicted molar refractivity (Wildman–Crippen MR) is 88.4 cm³/mol. The maximum Gasteiger partial charge on any atom is 0.220 e. The van der Waals surface area contributed by atoms with E-state index in [9.17, 15) is 4.79 Å². The van der Waals surface area contributed by atoms with Gasteiger partial charge in [-0.2, -0.15) is 0 Å². The van der Waals surface area contributed by atoms with Crippen molar-refractivity contribution in [3.8, 4) is 0 Å². The van der Waals surface area contributed by atoms with Crippen molar-refractivity contribution >= 4 is 21.8 Å². The lowest BCUT2D eigenvalue weighted by molar-refractivity contribution is -0.129. The van der Waals surface area contributed by atoms with Gasteiger partial charge in [-0.15, -0.1) is 0 Å². The fourth-order valence-electron chi connectivity index (χ4n) is 6.41. The molecule has 0 aliphatic heterocycles. The van der Waals surface area contributed by atoms with E-state index in [1.807, 2.05) is 0 Å². The minimum atomic E-state index is 0.326. The first kappa shape index (κ1) is 14.5. The number of alkyl halides is 1. The van der Waals surface area contributed by atoms with Gasteiger partial charge in [-0.3, -0.25) is 4.79 Å². The van der Waals surface area contributed by atoms with Crippen molar-refractivity contribution in [1.82, 2.24) is 5.32 Å². The highest BCUT2D eigenvalue weighted by molar-refractivity contribution is 9.10. The van der Waals surface area contributed by atoms with Gasteiger partial charge >= 0.3 is 0 Å². The van der Waals surface area contributed by atoms with Crippen LogP contribution in [0.4, 0.5) is 0 Å². The molecule has 3 heteroatoms. The van der Waals surface area contributed by atoms with E-state index in [-0.39, 0.29) is 0 Å². The van der Waals surface area contributed by atoms with E-state index >= 15 is 0 Å². The Bertz CT molecular complexity index is 415. The number of hydrogen-bond acceptors (Lipinski definition) is 1. The summed E-state index contributed by atoms with van der Waals surface area (Å²) in [5.74, 6) is 2.11. The number of rotatable bonds is 3. The molecule has 2 nitrogen and oxygen atoms in total. The monoisotopic (exact) mass is 353 g/mol. The molecule has 0 aromatic rings. The zero-order valence-corrected chi connectivity index (χ0v) is 14.6. The largest absolute Gasteiger partial charge is 0.353 e. The molecule has 2 unspecified atom stereocenters. The van der Waals surface area contributed by atoms with Crippen LogP contribution in [0.25, 0.3) is 0 Å². The van der Waals surface area contributed by atoms with E-state index in [2.05, 4.69) is 21.2 Å². The molecule has 4 atom stereocenters. The van der Waals surface area contributed by atoms with Crippen LogP contribution in [0, 0.1) is 17.3 Å². The first-order chi connectivity index (χ1) is 10.0. The molecule has 0 aromatic heterocycles. The first-order valence-corrected chi connectivity index (χ1v) is 9.82. The lowest BCUT2D eigenvalue weighted by Crippen LogP contribution is -2.54. The van der Waals surface area contributed by atoms with Gasteiger partial charge < -0.3 is 5.32 Å². The molecule has 0 heterocycles. The molecule has 5 fully saturated rings. The Morgan fingerprint density at radius 3 is 2.33 bits per heavy atom. The van der Waals surface area contributed by atoms with Crippen molar-refractivity contribution in [2.24, 2.45) is 17.3 Å². The number of amides is 1. The average Bonchev–Trinajstić information content (AvgIpc) is 2.35. The summed E-state index contributed by atoms with van der Waals surface area (Å²) in [5, 5.41) is 3.35. The van der Waals surface area contributed by atoms with Gasteiger partial charge in [-0.25, -0.2) is 0 Å². The SMILES string of the molecule is O=C(CC12C[C@@H]3C[C@@H](CC(Br)(C3)C1)C2)NC1CCCCC1. The number of nitrogens with one attached hydrogen (secondary N) is 1. The Hall–Kier alpha value is -0.0500. The summed E-state index contributed by atoms with van der Waals surface area (Å²) in [6, 6.07) is 0.470. The van der Waals surface area contributed by atoms with Gasteiger partial charge in [-0.1, -0.05) is 35.2 Å². The molecule has 0 radical (unpaired) electrons. The van der Waals surface area contributed by atoms with Gasteiger partial charge in [0.2, 0.25) is 5.91 Å². The van der Waals surface area contributed by atoms with E-state index < -0.39 is 0 Å². The zero-order valence-electron chi connectivity index (χ0n) is 13.0. The van der Waals surface area contributed by atoms with Crippen LogP contribution < -0.4 is 5.32 Å². The van der Waals surface area contributed by atoms with Crippen molar-refractivity contribution in [3.63, 3.8) is 0 Å². The van der Waals surface area contributed by atoms with Crippen LogP contribution in [0.5, 0.6) is 0 Å². The minimum absolute atomic E-state index is 0.326. The van der Waals surface area contributed by atoms with Gasteiger partial charge in [0.1, 0.15) is 0 Å². The first-order valence-electron chi connectivity index (χ1n) is 9.03. The summed E-state index contributed by atoms with van der Waals surface area (Å²) in [7, 11) is 0. The van der Waals surface area contributed by atoms with E-state index in [0.29, 0.717) is 21.7 Å². The second-order valence-electron chi connectivity index (χ2n) is 8.69. The molecule has 1 N–H and O–H groups in total. The summed E-state index contributed by atoms with van der Waals surface area (Å²) in [4.78, 5) is 12.6. The molecular formula is C18H28BrNO. The molecule has 0 spiro atoms. The standard InChI is InChI=1S/C18H28BrNO/c19-18-9-13-6-14(10-18)8-17(7-13,12-18)11-16(21)20-15-4-2-1-3-5-15/h13-15H,1-12H2,(H,20,21)/t13-,14+,17?,18?. The molecule has 0 aromatic carbocycles. The molecule has 118 valence electrons. The molecule has 5 aliphatic rings. The fraction of sp³-hybridized carbons (Fsp3) is 0.944. The van der Waals surface area contributed by atoms with Crippen LogP contribution >= 0.6 is 15.9 Å². The van der Waals surface area contributed by atoms with Crippen LogP contribution in [0.2, 0.25) is 0 Å². The molecule has 5 rings (SSSR count). The van der Waals surface area contributed by atoms with Crippen molar-refractivity contribution in [2.75, 3.05) is 0 Å². The third-order valence-corrected chi connectivity index (χ3v) is 7.54. The summed E-state index contributed by atoms with van der Waals surface area (Å²) in [5.41, 5.74) is 0.326. The van der Waals surface area contributed by atoms with Gasteiger partial charge in [0, 0.05) is 16.8 Å². The van der Waals surface area contributed by atoms with Crippen LogP contribution in [-0.4, -0.2) is 16.3 Å². The smallest absolute Gasteiger partial charge is 0.220 e. The topological polar surface area (TPSA) is 29.1 Å². The Kier molecular flexibility index (Phi) is 3.63. The lowest BCUT2D eigenvalue weighted by atomic mass is 9.48. The Labute approximate surface area is 136 Å². The maximum absolute atomic E-state index is 12.6. The third kappa shape index (κ3) is 2.92. The number of carbonyl (C=O) groups is 1. The fourth-order valence-corrected chi connectivity index (χ4v) is 7.92. The average molecular weight is 354 g/mol. The van der Waals surface area contributed by atoms with Gasteiger partial charge in [0.05, 0.1) is 0 Å². The number of carbonyl (C=O) groups excluding carboxylic acids is 1. The maximum atomic E-state index is 12.6. The number of hydrogen-bond donors (Lipinski definition) is 1. The highest BCUT2D eigenvalue weighted by Gasteiger charge is 2.57. The highest BCUT2D eigenvalue weighted by atomic mass is 79.9. The Balaban J connectivity index is 1.40. The van der Waals surface area contributed by atoms with Gasteiger partial charge in [0.25, 0.3) is 0 Å². The van der Waals surface area contributed by atoms with Crippen molar-refractivity contribution in [3.05, 3.63) is 0 Å². The molecule has 0 saturated heterocycles. The van der Waals surface area contributed by atoms with E-state index in [1.165, 1.54) is 70.6 Å². The summed E-state index contributed by atoms with van der Waals surface area (Å²) < 4.78 is 0.377. The highest BCUT2D eigenvalue weighted by Crippen LogP contribution is 2.65. The molecule has 1 amide bonds. The van der Waals surface area contributed by atoms with Crippen molar-refractivity contribution in [2.45, 2.75) is 87.4 Å². The second-order valence-corrected chi connectivity index (χ2v) is 10.4. The summed E-state index contributed by atoms with van der Waals surface area (Å²) in [6.07, 6.45) is 15.2.